The maximum Gasteiger partial charge on any atom is 0.208 e. The Bertz CT molecular complexity index is 759. The van der Waals surface area contributed by atoms with Crippen molar-refractivity contribution in [1.29, 1.82) is 0 Å². The van der Waals surface area contributed by atoms with Crippen LogP contribution in [0.15, 0.2) is 29.3 Å². The van der Waals surface area contributed by atoms with Gasteiger partial charge in [-0.1, -0.05) is 18.6 Å². The van der Waals surface area contributed by atoms with Crippen molar-refractivity contribution >= 4 is 40.0 Å². The van der Waals surface area contributed by atoms with Crippen LogP contribution < -0.4 is 20.1 Å². The van der Waals surface area contributed by atoms with Crippen LogP contribution in [0.25, 0.3) is 0 Å². The van der Waals surface area contributed by atoms with Gasteiger partial charge in [0.15, 0.2) is 5.96 Å². The third kappa shape index (κ3) is 11.4. The van der Waals surface area contributed by atoms with Crippen molar-refractivity contribution in [3.8, 4) is 5.75 Å². The quantitative estimate of drug-likeness (QED) is 0.155. The molecule has 0 radical (unpaired) electrons. The molecular formula is C21H37IN4O4S. The SMILES string of the molecule is CCOCCCNC(=NCc1ccc(OC)cc1)NCC1CCCC1NS(C)(=O)=O.I. The summed E-state index contributed by atoms with van der Waals surface area (Å²) in [6, 6.07) is 7.82. The summed E-state index contributed by atoms with van der Waals surface area (Å²) in [6.07, 6.45) is 5.01. The molecule has 0 saturated heterocycles. The Kier molecular flexibility index (Phi) is 13.4. The summed E-state index contributed by atoms with van der Waals surface area (Å²) in [7, 11) is -1.55. The lowest BCUT2D eigenvalue weighted by Gasteiger charge is -2.22. The lowest BCUT2D eigenvalue weighted by Crippen LogP contribution is -2.45. The van der Waals surface area contributed by atoms with E-state index in [1.165, 1.54) is 6.26 Å². The second-order valence-corrected chi connectivity index (χ2v) is 9.34. The molecule has 2 atom stereocenters. The van der Waals surface area contributed by atoms with Crippen LogP contribution in [0.4, 0.5) is 0 Å². The van der Waals surface area contributed by atoms with Crippen LogP contribution in [-0.4, -0.2) is 60.1 Å². The molecule has 2 rings (SSSR count). The molecule has 1 aliphatic carbocycles. The molecule has 2 unspecified atom stereocenters. The zero-order valence-corrected chi connectivity index (χ0v) is 21.9. The highest BCUT2D eigenvalue weighted by molar-refractivity contribution is 14.0. The fourth-order valence-corrected chi connectivity index (χ4v) is 4.40. The molecule has 8 nitrogen and oxygen atoms in total. The Hall–Kier alpha value is -1.11. The van der Waals surface area contributed by atoms with Crippen molar-refractivity contribution in [1.82, 2.24) is 15.4 Å². The van der Waals surface area contributed by atoms with E-state index in [0.717, 1.165) is 49.5 Å². The number of methoxy groups -OCH3 is 1. The average molecular weight is 569 g/mol. The number of aliphatic imine (C=N–C) groups is 1. The maximum absolute atomic E-state index is 11.6. The van der Waals surface area contributed by atoms with Gasteiger partial charge < -0.3 is 20.1 Å². The van der Waals surface area contributed by atoms with Crippen LogP contribution in [-0.2, 0) is 21.3 Å². The summed E-state index contributed by atoms with van der Waals surface area (Å²) in [5.74, 6) is 1.80. The van der Waals surface area contributed by atoms with E-state index in [1.54, 1.807) is 7.11 Å². The number of hydrogen-bond acceptors (Lipinski definition) is 5. The van der Waals surface area contributed by atoms with E-state index in [2.05, 4.69) is 15.4 Å². The molecule has 10 heteroatoms. The molecule has 178 valence electrons. The normalized spacial score (nSPS) is 19.0. The summed E-state index contributed by atoms with van der Waals surface area (Å²) in [5, 5.41) is 6.75. The van der Waals surface area contributed by atoms with E-state index >= 15 is 0 Å². The molecule has 1 aromatic rings. The Morgan fingerprint density at radius 1 is 1.19 bits per heavy atom. The van der Waals surface area contributed by atoms with Crippen molar-refractivity contribution in [2.75, 3.05) is 39.7 Å². The number of hydrogen-bond donors (Lipinski definition) is 3. The van der Waals surface area contributed by atoms with Gasteiger partial charge in [-0.15, -0.1) is 24.0 Å². The Morgan fingerprint density at radius 2 is 1.94 bits per heavy atom. The molecule has 1 saturated carbocycles. The zero-order chi connectivity index (χ0) is 21.8. The third-order valence-electron chi connectivity index (χ3n) is 5.10. The molecule has 0 amide bonds. The molecule has 0 bridgehead atoms. The first-order valence-electron chi connectivity index (χ1n) is 10.6. The van der Waals surface area contributed by atoms with Crippen LogP contribution in [0.2, 0.25) is 0 Å². The predicted molar refractivity (Wildman–Crippen MR) is 136 cm³/mol. The molecule has 0 aliphatic heterocycles. The van der Waals surface area contributed by atoms with Gasteiger partial charge in [-0.3, -0.25) is 0 Å². The van der Waals surface area contributed by atoms with Gasteiger partial charge in [-0.2, -0.15) is 0 Å². The molecule has 1 aromatic carbocycles. The first kappa shape index (κ1) is 27.9. The molecule has 0 aromatic heterocycles. The molecule has 1 aliphatic rings. The zero-order valence-electron chi connectivity index (χ0n) is 18.7. The van der Waals surface area contributed by atoms with E-state index in [0.29, 0.717) is 26.3 Å². The topological polar surface area (TPSA) is 101 Å². The minimum Gasteiger partial charge on any atom is -0.497 e. The number of sulfonamides is 1. The van der Waals surface area contributed by atoms with Gasteiger partial charge in [0.25, 0.3) is 0 Å². The largest absolute Gasteiger partial charge is 0.497 e. The van der Waals surface area contributed by atoms with Gasteiger partial charge >= 0.3 is 0 Å². The molecular weight excluding hydrogens is 531 g/mol. The average Bonchev–Trinajstić information content (AvgIpc) is 3.14. The standard InChI is InChI=1S/C21H36N4O4S.HI/c1-4-29-14-6-13-22-21(23-15-17-9-11-19(28-2)12-10-17)24-16-18-7-5-8-20(18)25-30(3,26)27;/h9-12,18,20,25H,4-8,13-16H2,1-3H3,(H2,22,23,24);1H. The number of benzene rings is 1. The number of halogens is 1. The molecule has 0 spiro atoms. The van der Waals surface area contributed by atoms with E-state index in [-0.39, 0.29) is 35.9 Å². The molecule has 1 fully saturated rings. The second kappa shape index (κ2) is 14.9. The highest BCUT2D eigenvalue weighted by Crippen LogP contribution is 2.25. The Labute approximate surface area is 204 Å². The van der Waals surface area contributed by atoms with Crippen LogP contribution >= 0.6 is 24.0 Å². The number of ether oxygens (including phenoxy) is 2. The fourth-order valence-electron chi connectivity index (χ4n) is 3.54. The highest BCUT2D eigenvalue weighted by Gasteiger charge is 2.29. The number of nitrogens with zero attached hydrogens (tertiary/aromatic N) is 1. The number of rotatable bonds is 12. The summed E-state index contributed by atoms with van der Waals surface area (Å²) >= 11 is 0. The van der Waals surface area contributed by atoms with Gasteiger partial charge in [-0.05, 0) is 49.8 Å². The van der Waals surface area contributed by atoms with E-state index in [4.69, 9.17) is 14.5 Å². The monoisotopic (exact) mass is 568 g/mol. The van der Waals surface area contributed by atoms with Crippen LogP contribution in [0.3, 0.4) is 0 Å². The van der Waals surface area contributed by atoms with Crippen molar-refractivity contribution in [2.24, 2.45) is 10.9 Å². The maximum atomic E-state index is 11.6. The van der Waals surface area contributed by atoms with Crippen LogP contribution in [0.1, 0.15) is 38.2 Å². The minimum absolute atomic E-state index is 0. The molecule has 31 heavy (non-hydrogen) atoms. The molecule has 0 heterocycles. The first-order chi connectivity index (χ1) is 14.4. The smallest absolute Gasteiger partial charge is 0.208 e. The number of nitrogens with one attached hydrogen (secondary N) is 3. The summed E-state index contributed by atoms with van der Waals surface area (Å²) < 4.78 is 36.6. The van der Waals surface area contributed by atoms with Gasteiger partial charge in [-0.25, -0.2) is 18.1 Å². The Balaban J connectivity index is 0.00000480. The summed E-state index contributed by atoms with van der Waals surface area (Å²) in [4.78, 5) is 4.70. The van der Waals surface area contributed by atoms with Crippen molar-refractivity contribution < 1.29 is 17.9 Å². The fraction of sp³-hybridized carbons (Fsp3) is 0.667. The van der Waals surface area contributed by atoms with Gasteiger partial charge in [0, 0.05) is 32.3 Å². The van der Waals surface area contributed by atoms with Gasteiger partial charge in [0.1, 0.15) is 5.75 Å². The summed E-state index contributed by atoms with van der Waals surface area (Å²) in [6.45, 7) is 5.38. The van der Waals surface area contributed by atoms with E-state index in [1.807, 2.05) is 31.2 Å². The van der Waals surface area contributed by atoms with E-state index < -0.39 is 10.0 Å². The predicted octanol–water partition coefficient (Wildman–Crippen LogP) is 2.49. The Morgan fingerprint density at radius 3 is 2.58 bits per heavy atom. The second-order valence-electron chi connectivity index (χ2n) is 7.56. The van der Waals surface area contributed by atoms with Crippen LogP contribution in [0.5, 0.6) is 5.75 Å². The third-order valence-corrected chi connectivity index (χ3v) is 5.83. The summed E-state index contributed by atoms with van der Waals surface area (Å²) in [5.41, 5.74) is 1.09. The lowest BCUT2D eigenvalue weighted by molar-refractivity contribution is 0.145. The minimum atomic E-state index is -3.20. The lowest BCUT2D eigenvalue weighted by atomic mass is 10.1. The van der Waals surface area contributed by atoms with Gasteiger partial charge in [0.05, 0.1) is 19.9 Å². The van der Waals surface area contributed by atoms with Crippen molar-refractivity contribution in [3.63, 3.8) is 0 Å². The van der Waals surface area contributed by atoms with Gasteiger partial charge in [0.2, 0.25) is 10.0 Å². The van der Waals surface area contributed by atoms with Crippen molar-refractivity contribution in [3.05, 3.63) is 29.8 Å². The number of guanidine groups is 1. The van der Waals surface area contributed by atoms with E-state index in [9.17, 15) is 8.42 Å². The first-order valence-corrected chi connectivity index (χ1v) is 12.5. The highest BCUT2D eigenvalue weighted by atomic mass is 127. The van der Waals surface area contributed by atoms with Crippen molar-refractivity contribution in [2.45, 2.75) is 45.2 Å². The molecule has 3 N–H and O–H groups in total. The van der Waals surface area contributed by atoms with Crippen LogP contribution in [0, 0.1) is 5.92 Å².